The Morgan fingerprint density at radius 2 is 1.94 bits per heavy atom. The van der Waals surface area contributed by atoms with Gasteiger partial charge in [0.15, 0.2) is 5.50 Å². The average molecular weight is 478 g/mol. The maximum atomic E-state index is 13.3. The molecule has 3 aromatic carbocycles. The molecule has 0 saturated carbocycles. The third-order valence-electron chi connectivity index (χ3n) is 5.59. The van der Waals surface area contributed by atoms with Gasteiger partial charge in [-0.15, -0.1) is 0 Å². The van der Waals surface area contributed by atoms with Crippen molar-refractivity contribution >= 4 is 51.9 Å². The number of anilines is 1. The van der Waals surface area contributed by atoms with Gasteiger partial charge in [-0.2, -0.15) is 0 Å². The van der Waals surface area contributed by atoms with Gasteiger partial charge in [0.1, 0.15) is 5.82 Å². The van der Waals surface area contributed by atoms with Gasteiger partial charge in [0, 0.05) is 39.9 Å². The Hall–Kier alpha value is -3.22. The maximum absolute atomic E-state index is 13.3. The second-order valence-electron chi connectivity index (χ2n) is 7.94. The van der Waals surface area contributed by atoms with Crippen molar-refractivity contribution < 1.29 is 9.18 Å². The van der Waals surface area contributed by atoms with E-state index in [0.29, 0.717) is 16.5 Å². The van der Waals surface area contributed by atoms with Crippen molar-refractivity contribution in [3.8, 4) is 0 Å². The van der Waals surface area contributed by atoms with Crippen molar-refractivity contribution in [1.29, 1.82) is 0 Å². The van der Waals surface area contributed by atoms with Crippen LogP contribution < -0.4 is 10.6 Å². The summed E-state index contributed by atoms with van der Waals surface area (Å²) < 4.78 is 15.4. The first-order chi connectivity index (χ1) is 16.0. The number of hydrogen-bond acceptors (Lipinski definition) is 3. The van der Waals surface area contributed by atoms with E-state index < -0.39 is 0 Å². The Morgan fingerprint density at radius 3 is 2.76 bits per heavy atom. The summed E-state index contributed by atoms with van der Waals surface area (Å²) in [5, 5.41) is 8.02. The molecule has 2 heterocycles. The number of aryl methyl sites for hydroxylation is 1. The minimum absolute atomic E-state index is 0.118. The second kappa shape index (κ2) is 8.96. The van der Waals surface area contributed by atoms with Gasteiger partial charge in [0.05, 0.1) is 4.91 Å². The van der Waals surface area contributed by atoms with Crippen LogP contribution in [0.3, 0.4) is 0 Å². The van der Waals surface area contributed by atoms with E-state index in [1.807, 2.05) is 55.6 Å². The van der Waals surface area contributed by atoms with Crippen LogP contribution in [0.1, 0.15) is 16.7 Å². The van der Waals surface area contributed by atoms with Gasteiger partial charge in [-0.3, -0.25) is 4.79 Å². The predicted octanol–water partition coefficient (Wildman–Crippen LogP) is 6.39. The number of amides is 1. The third kappa shape index (κ3) is 4.63. The zero-order valence-electron chi connectivity index (χ0n) is 17.8. The number of fused-ring (bicyclic) bond motifs is 1. The largest absolute Gasteiger partial charge is 0.356 e. The Morgan fingerprint density at radius 1 is 1.15 bits per heavy atom. The van der Waals surface area contributed by atoms with Crippen LogP contribution in [0, 0.1) is 12.7 Å². The van der Waals surface area contributed by atoms with Gasteiger partial charge in [0.25, 0.3) is 5.91 Å². The zero-order valence-corrected chi connectivity index (χ0v) is 19.4. The third-order valence-corrected chi connectivity index (χ3v) is 6.85. The first kappa shape index (κ1) is 21.6. The van der Waals surface area contributed by atoms with E-state index in [-0.39, 0.29) is 17.2 Å². The molecule has 0 radical (unpaired) electrons. The number of para-hydroxylation sites is 1. The molecule has 1 aliphatic heterocycles. The van der Waals surface area contributed by atoms with E-state index in [4.69, 9.17) is 11.6 Å². The Kier molecular flexibility index (Phi) is 5.87. The number of carbonyl (C=O) groups is 1. The molecule has 1 unspecified atom stereocenters. The molecule has 4 nitrogen and oxygen atoms in total. The Labute approximate surface area is 200 Å². The summed E-state index contributed by atoms with van der Waals surface area (Å²) in [6.07, 6.45) is 3.97. The van der Waals surface area contributed by atoms with Crippen LogP contribution in [0.15, 0.2) is 77.8 Å². The molecular formula is C26H21ClFN3OS. The molecule has 0 spiro atoms. The van der Waals surface area contributed by atoms with E-state index >= 15 is 0 Å². The first-order valence-electron chi connectivity index (χ1n) is 10.5. The number of halogens is 2. The average Bonchev–Trinajstić information content (AvgIpc) is 3.32. The van der Waals surface area contributed by atoms with Crippen molar-refractivity contribution in [3.05, 3.63) is 105 Å². The quantitative estimate of drug-likeness (QED) is 0.327. The fourth-order valence-electron chi connectivity index (χ4n) is 3.90. The minimum Gasteiger partial charge on any atom is -0.356 e. The van der Waals surface area contributed by atoms with Gasteiger partial charge >= 0.3 is 0 Å². The van der Waals surface area contributed by atoms with E-state index in [9.17, 15) is 9.18 Å². The molecule has 5 rings (SSSR count). The minimum atomic E-state index is -0.284. The second-order valence-corrected chi connectivity index (χ2v) is 9.52. The summed E-state index contributed by atoms with van der Waals surface area (Å²) in [4.78, 5) is 13.3. The zero-order chi connectivity index (χ0) is 22.9. The number of aromatic nitrogens is 1. The van der Waals surface area contributed by atoms with E-state index in [0.717, 1.165) is 33.3 Å². The lowest BCUT2D eigenvalue weighted by Gasteiger charge is -2.15. The van der Waals surface area contributed by atoms with Crippen molar-refractivity contribution in [3.63, 3.8) is 0 Å². The van der Waals surface area contributed by atoms with Gasteiger partial charge in [-0.05, 0) is 54.5 Å². The highest BCUT2D eigenvalue weighted by Crippen LogP contribution is 2.33. The highest BCUT2D eigenvalue weighted by atomic mass is 35.5. The summed E-state index contributed by atoms with van der Waals surface area (Å²) in [6, 6.07) is 20.2. The van der Waals surface area contributed by atoms with E-state index in [1.165, 1.54) is 23.9 Å². The molecule has 1 aromatic heterocycles. The lowest BCUT2D eigenvalue weighted by molar-refractivity contribution is -0.116. The summed E-state index contributed by atoms with van der Waals surface area (Å²) in [7, 11) is 0. The van der Waals surface area contributed by atoms with Crippen LogP contribution in [-0.2, 0) is 11.3 Å². The summed E-state index contributed by atoms with van der Waals surface area (Å²) >= 11 is 7.57. The molecule has 7 heteroatoms. The Balaban J connectivity index is 1.42. The number of benzene rings is 3. The molecular weight excluding hydrogens is 457 g/mol. The SMILES string of the molecule is Cc1ccc(Cl)cc1NC1NC(=O)/C(=C/c2cn(Cc3ccc(F)cc3)c3ccccc23)S1. The molecule has 1 fully saturated rings. The predicted molar refractivity (Wildman–Crippen MR) is 135 cm³/mol. The normalized spacial score (nSPS) is 17.0. The van der Waals surface area contributed by atoms with Gasteiger partial charge < -0.3 is 15.2 Å². The van der Waals surface area contributed by atoms with E-state index in [1.54, 1.807) is 12.1 Å². The van der Waals surface area contributed by atoms with Gasteiger partial charge in [-0.25, -0.2) is 4.39 Å². The van der Waals surface area contributed by atoms with Crippen LogP contribution in [0.4, 0.5) is 10.1 Å². The molecule has 2 N–H and O–H groups in total. The standard InChI is InChI=1S/C26H21ClFN3OS/c1-16-6-9-19(27)13-22(16)29-26-30-25(32)24(33-26)12-18-15-31(23-5-3-2-4-21(18)23)14-17-7-10-20(28)11-8-17/h2-13,15,26,29H,14H2,1H3,(H,30,32)/b24-12-. The van der Waals surface area contributed by atoms with Crippen LogP contribution >= 0.6 is 23.4 Å². The number of carbonyl (C=O) groups excluding carboxylic acids is 1. The molecule has 0 aliphatic carbocycles. The monoisotopic (exact) mass is 477 g/mol. The highest BCUT2D eigenvalue weighted by molar-refractivity contribution is 8.05. The van der Waals surface area contributed by atoms with Gasteiger partial charge in [-0.1, -0.05) is 59.8 Å². The van der Waals surface area contributed by atoms with E-state index in [2.05, 4.69) is 21.3 Å². The number of nitrogens with zero attached hydrogens (tertiary/aromatic N) is 1. The number of thioether (sulfide) groups is 1. The summed E-state index contributed by atoms with van der Waals surface area (Å²) in [5.74, 6) is -0.366. The molecule has 4 aromatic rings. The molecule has 1 atom stereocenters. The lowest BCUT2D eigenvalue weighted by atomic mass is 10.1. The summed E-state index contributed by atoms with van der Waals surface area (Å²) in [5.41, 5.74) is 4.68. The van der Waals surface area contributed by atoms with Gasteiger partial charge in [0.2, 0.25) is 0 Å². The van der Waals surface area contributed by atoms with Crippen molar-refractivity contribution in [2.45, 2.75) is 19.0 Å². The van der Waals surface area contributed by atoms with Crippen molar-refractivity contribution in [2.24, 2.45) is 0 Å². The summed E-state index contributed by atoms with van der Waals surface area (Å²) in [6.45, 7) is 2.61. The lowest BCUT2D eigenvalue weighted by Crippen LogP contribution is -2.31. The Bertz CT molecular complexity index is 1380. The molecule has 1 aliphatic rings. The molecule has 0 bridgehead atoms. The highest BCUT2D eigenvalue weighted by Gasteiger charge is 2.28. The first-order valence-corrected chi connectivity index (χ1v) is 11.8. The van der Waals surface area contributed by atoms with Crippen LogP contribution in [0.5, 0.6) is 0 Å². The number of hydrogen-bond donors (Lipinski definition) is 2. The van der Waals surface area contributed by atoms with Crippen molar-refractivity contribution in [2.75, 3.05) is 5.32 Å². The fraction of sp³-hybridized carbons (Fsp3) is 0.115. The van der Waals surface area contributed by atoms with Crippen LogP contribution in [-0.4, -0.2) is 16.0 Å². The number of rotatable bonds is 5. The maximum Gasteiger partial charge on any atom is 0.260 e. The van der Waals surface area contributed by atoms with Crippen LogP contribution in [0.2, 0.25) is 5.02 Å². The topological polar surface area (TPSA) is 46.1 Å². The fourth-order valence-corrected chi connectivity index (χ4v) is 5.04. The van der Waals surface area contributed by atoms with Crippen molar-refractivity contribution in [1.82, 2.24) is 9.88 Å². The smallest absolute Gasteiger partial charge is 0.260 e. The molecule has 166 valence electrons. The van der Waals surface area contributed by atoms with Crippen LogP contribution in [0.25, 0.3) is 17.0 Å². The molecule has 33 heavy (non-hydrogen) atoms. The number of nitrogens with one attached hydrogen (secondary N) is 2. The molecule has 1 amide bonds. The molecule has 1 saturated heterocycles.